The Kier molecular flexibility index (Phi) is 3.84. The van der Waals surface area contributed by atoms with Crippen LogP contribution in [0.2, 0.25) is 0 Å². The number of halogens is 1. The van der Waals surface area contributed by atoms with E-state index in [0.29, 0.717) is 17.1 Å². The molecule has 0 aliphatic rings. The molecule has 0 amide bonds. The zero-order valence-corrected chi connectivity index (χ0v) is 9.84. The molecule has 0 N–H and O–H groups in total. The molecular weight excluding hydrogens is 237 g/mol. The fourth-order valence-corrected chi connectivity index (χ4v) is 2.37. The Hall–Kier alpha value is -1.73. The summed E-state index contributed by atoms with van der Waals surface area (Å²) in [7, 11) is 0. The van der Waals surface area contributed by atoms with Gasteiger partial charge in [-0.2, -0.15) is 5.26 Å². The van der Waals surface area contributed by atoms with Crippen molar-refractivity contribution < 1.29 is 8.81 Å². The first kappa shape index (κ1) is 11.7. The molecule has 0 saturated carbocycles. The van der Waals surface area contributed by atoms with Gasteiger partial charge in [0.05, 0.1) is 23.6 Å². The lowest BCUT2D eigenvalue weighted by Gasteiger charge is -2.03. The third kappa shape index (κ3) is 3.11. The Labute approximate surface area is 103 Å². The molecule has 1 heterocycles. The maximum absolute atomic E-state index is 13.0. The number of nitriles is 1. The number of benzene rings is 1. The van der Waals surface area contributed by atoms with Crippen LogP contribution < -0.4 is 0 Å². The molecule has 0 bridgehead atoms. The van der Waals surface area contributed by atoms with E-state index in [1.165, 1.54) is 18.2 Å². The minimum absolute atomic E-state index is 0.308. The summed E-state index contributed by atoms with van der Waals surface area (Å²) >= 11 is 1.59. The Morgan fingerprint density at radius 3 is 2.88 bits per heavy atom. The van der Waals surface area contributed by atoms with Crippen molar-refractivity contribution in [3.8, 4) is 6.07 Å². The Morgan fingerprint density at radius 1 is 1.29 bits per heavy atom. The topological polar surface area (TPSA) is 36.9 Å². The summed E-state index contributed by atoms with van der Waals surface area (Å²) in [4.78, 5) is 0. The van der Waals surface area contributed by atoms with Crippen LogP contribution in [-0.2, 0) is 11.5 Å². The van der Waals surface area contributed by atoms with Crippen molar-refractivity contribution in [2.24, 2.45) is 0 Å². The highest BCUT2D eigenvalue weighted by Gasteiger charge is 2.04. The number of rotatable bonds is 4. The molecule has 2 rings (SSSR count). The van der Waals surface area contributed by atoms with Crippen LogP contribution in [0.5, 0.6) is 0 Å². The average Bonchev–Trinajstić information content (AvgIpc) is 2.82. The van der Waals surface area contributed by atoms with Crippen molar-refractivity contribution in [1.29, 1.82) is 5.26 Å². The SMILES string of the molecule is N#Cc1ccc(F)cc1CSCc1ccco1. The summed E-state index contributed by atoms with van der Waals surface area (Å²) in [6.45, 7) is 0. The molecule has 0 aliphatic heterocycles. The van der Waals surface area contributed by atoms with Crippen molar-refractivity contribution >= 4 is 11.8 Å². The first-order valence-electron chi connectivity index (χ1n) is 5.08. The van der Waals surface area contributed by atoms with Crippen molar-refractivity contribution in [3.05, 3.63) is 59.3 Å². The minimum atomic E-state index is -0.308. The lowest BCUT2D eigenvalue weighted by molar-refractivity contribution is 0.530. The van der Waals surface area contributed by atoms with E-state index in [1.807, 2.05) is 12.1 Å². The molecule has 1 aromatic heterocycles. The number of hydrogen-bond donors (Lipinski definition) is 0. The van der Waals surface area contributed by atoms with E-state index in [2.05, 4.69) is 6.07 Å². The van der Waals surface area contributed by atoms with Gasteiger partial charge in [-0.1, -0.05) is 0 Å². The highest BCUT2D eigenvalue weighted by Crippen LogP contribution is 2.21. The van der Waals surface area contributed by atoms with Crippen LogP contribution >= 0.6 is 11.8 Å². The molecule has 0 radical (unpaired) electrons. The van der Waals surface area contributed by atoms with Crippen LogP contribution in [0.1, 0.15) is 16.9 Å². The molecule has 0 spiro atoms. The van der Waals surface area contributed by atoms with Gasteiger partial charge in [0, 0.05) is 5.75 Å². The monoisotopic (exact) mass is 247 g/mol. The van der Waals surface area contributed by atoms with Crippen LogP contribution in [0.25, 0.3) is 0 Å². The molecule has 4 heteroatoms. The van der Waals surface area contributed by atoms with E-state index in [9.17, 15) is 4.39 Å². The molecule has 1 aromatic carbocycles. The van der Waals surface area contributed by atoms with Crippen molar-refractivity contribution in [1.82, 2.24) is 0 Å². The van der Waals surface area contributed by atoms with Gasteiger partial charge in [0.15, 0.2) is 0 Å². The Balaban J connectivity index is 1.99. The summed E-state index contributed by atoms with van der Waals surface area (Å²) < 4.78 is 18.2. The van der Waals surface area contributed by atoms with E-state index in [-0.39, 0.29) is 5.82 Å². The summed E-state index contributed by atoms with van der Waals surface area (Å²) in [6.07, 6.45) is 1.62. The van der Waals surface area contributed by atoms with E-state index in [4.69, 9.17) is 9.68 Å². The van der Waals surface area contributed by atoms with Gasteiger partial charge in [-0.05, 0) is 35.9 Å². The summed E-state index contributed by atoms with van der Waals surface area (Å²) in [5.74, 6) is 1.89. The fraction of sp³-hybridized carbons (Fsp3) is 0.154. The van der Waals surface area contributed by atoms with E-state index in [0.717, 1.165) is 11.3 Å². The van der Waals surface area contributed by atoms with Crippen LogP contribution in [0.4, 0.5) is 4.39 Å². The van der Waals surface area contributed by atoms with Gasteiger partial charge in [0.1, 0.15) is 11.6 Å². The molecule has 86 valence electrons. The quantitative estimate of drug-likeness (QED) is 0.826. The molecule has 0 atom stereocenters. The zero-order valence-electron chi connectivity index (χ0n) is 9.02. The van der Waals surface area contributed by atoms with Gasteiger partial charge in [-0.15, -0.1) is 11.8 Å². The van der Waals surface area contributed by atoms with Crippen LogP contribution in [-0.4, -0.2) is 0 Å². The molecule has 17 heavy (non-hydrogen) atoms. The molecular formula is C13H10FNOS. The van der Waals surface area contributed by atoms with Crippen LogP contribution in [0.15, 0.2) is 41.0 Å². The number of nitrogens with zero attached hydrogens (tertiary/aromatic N) is 1. The average molecular weight is 247 g/mol. The predicted molar refractivity (Wildman–Crippen MR) is 64.8 cm³/mol. The molecule has 0 aliphatic carbocycles. The lowest BCUT2D eigenvalue weighted by atomic mass is 10.1. The van der Waals surface area contributed by atoms with Crippen LogP contribution in [0.3, 0.4) is 0 Å². The standard InChI is InChI=1S/C13H10FNOS/c14-12-4-3-10(7-15)11(6-12)8-17-9-13-2-1-5-16-13/h1-6H,8-9H2. The van der Waals surface area contributed by atoms with Gasteiger partial charge in [0.25, 0.3) is 0 Å². The van der Waals surface area contributed by atoms with Gasteiger partial charge in [0.2, 0.25) is 0 Å². The smallest absolute Gasteiger partial charge is 0.123 e. The molecule has 2 aromatic rings. The normalized spacial score (nSPS) is 10.1. The lowest BCUT2D eigenvalue weighted by Crippen LogP contribution is -1.89. The molecule has 2 nitrogen and oxygen atoms in total. The van der Waals surface area contributed by atoms with Gasteiger partial charge in [-0.3, -0.25) is 0 Å². The summed E-state index contributed by atoms with van der Waals surface area (Å²) in [5.41, 5.74) is 1.25. The maximum atomic E-state index is 13.0. The molecule has 0 saturated heterocycles. The Morgan fingerprint density at radius 2 is 2.18 bits per heavy atom. The molecule has 0 unspecified atom stereocenters. The fourth-order valence-electron chi connectivity index (χ4n) is 1.45. The predicted octanol–water partition coefficient (Wildman–Crippen LogP) is 3.72. The number of thioether (sulfide) groups is 1. The van der Waals surface area contributed by atoms with E-state index >= 15 is 0 Å². The first-order chi connectivity index (χ1) is 8.29. The van der Waals surface area contributed by atoms with Crippen molar-refractivity contribution in [2.45, 2.75) is 11.5 Å². The summed E-state index contributed by atoms with van der Waals surface area (Å²) in [5, 5.41) is 8.89. The second-order valence-electron chi connectivity index (χ2n) is 3.49. The van der Waals surface area contributed by atoms with Crippen LogP contribution in [0, 0.1) is 17.1 Å². The highest BCUT2D eigenvalue weighted by atomic mass is 32.2. The Bertz CT molecular complexity index is 531. The second kappa shape index (κ2) is 5.55. The largest absolute Gasteiger partial charge is 0.468 e. The molecule has 0 fully saturated rings. The van der Waals surface area contributed by atoms with E-state index < -0.39 is 0 Å². The maximum Gasteiger partial charge on any atom is 0.123 e. The first-order valence-corrected chi connectivity index (χ1v) is 6.23. The van der Waals surface area contributed by atoms with E-state index in [1.54, 1.807) is 18.0 Å². The second-order valence-corrected chi connectivity index (χ2v) is 4.47. The zero-order chi connectivity index (χ0) is 12.1. The minimum Gasteiger partial charge on any atom is -0.468 e. The summed E-state index contributed by atoms with van der Waals surface area (Å²) in [6, 6.07) is 10.0. The number of hydrogen-bond acceptors (Lipinski definition) is 3. The van der Waals surface area contributed by atoms with Gasteiger partial charge < -0.3 is 4.42 Å². The van der Waals surface area contributed by atoms with Crippen molar-refractivity contribution in [2.75, 3.05) is 0 Å². The third-order valence-corrected chi connectivity index (χ3v) is 3.27. The van der Waals surface area contributed by atoms with Gasteiger partial charge >= 0.3 is 0 Å². The highest BCUT2D eigenvalue weighted by molar-refractivity contribution is 7.97. The van der Waals surface area contributed by atoms with Crippen molar-refractivity contribution in [3.63, 3.8) is 0 Å². The third-order valence-electron chi connectivity index (χ3n) is 2.27. The number of furan rings is 1. The van der Waals surface area contributed by atoms with Gasteiger partial charge in [-0.25, -0.2) is 4.39 Å².